The molecule has 4 unspecified atom stereocenters. The molecule has 0 amide bonds. The highest BCUT2D eigenvalue weighted by molar-refractivity contribution is 5.70. The minimum Gasteiger partial charge on any atom is -0.481 e. The summed E-state index contributed by atoms with van der Waals surface area (Å²) in [5.74, 6) is -3.02. The van der Waals surface area contributed by atoms with Gasteiger partial charge in [0.2, 0.25) is 0 Å². The van der Waals surface area contributed by atoms with Crippen LogP contribution in [0, 0.1) is 29.1 Å². The second kappa shape index (κ2) is 40.2. The van der Waals surface area contributed by atoms with Gasteiger partial charge in [0.25, 0.3) is 0 Å². The molecule has 7 N–H and O–H groups in total. The first-order valence-electron chi connectivity index (χ1n) is 18.9. The zero-order valence-corrected chi connectivity index (χ0v) is 32.7. The third-order valence-corrected chi connectivity index (χ3v) is 8.75. The second-order valence-corrected chi connectivity index (χ2v) is 12.7. The lowest BCUT2D eigenvalue weighted by Crippen LogP contribution is -2.32. The van der Waals surface area contributed by atoms with E-state index in [1.54, 1.807) is 0 Å². The van der Waals surface area contributed by atoms with E-state index in [1.165, 1.54) is 0 Å². The molecule has 0 spiro atoms. The second-order valence-electron chi connectivity index (χ2n) is 12.7. The molecule has 296 valence electrons. The summed E-state index contributed by atoms with van der Waals surface area (Å²) in [6.07, 6.45) is 15.5. The molecule has 0 radical (unpaired) electrons. The van der Waals surface area contributed by atoms with E-state index < -0.39 is 29.3 Å². The summed E-state index contributed by atoms with van der Waals surface area (Å²) in [4.78, 5) is 41.7. The normalized spacial score (nSPS) is 12.8. The average Bonchev–Trinajstić information content (AvgIpc) is 3.08. The molecule has 0 aliphatic carbocycles. The summed E-state index contributed by atoms with van der Waals surface area (Å²) in [7, 11) is 0. The fourth-order valence-electron chi connectivity index (χ4n) is 4.30. The van der Waals surface area contributed by atoms with Gasteiger partial charge in [0.15, 0.2) is 0 Å². The summed E-state index contributed by atoms with van der Waals surface area (Å²) in [5.41, 5.74) is -0.667. The standard InChI is InChI=1S/4C8H16O2.C6H14O3/c4*1-3-5-6-7(4-2)8(9)10;1-2-6(3-7,4-8)5-9/h4*7H,3-6H2,1-2H3,(H,9,10);7-9H,2-5H2,1H3. The van der Waals surface area contributed by atoms with Crippen LogP contribution in [0.5, 0.6) is 0 Å². The molecule has 49 heavy (non-hydrogen) atoms. The van der Waals surface area contributed by atoms with Gasteiger partial charge in [0.1, 0.15) is 0 Å². The van der Waals surface area contributed by atoms with E-state index in [-0.39, 0.29) is 43.5 Å². The van der Waals surface area contributed by atoms with Crippen molar-refractivity contribution in [3.8, 4) is 0 Å². The molecule has 0 aromatic rings. The molecule has 0 saturated carbocycles. The summed E-state index contributed by atoms with van der Waals surface area (Å²) >= 11 is 0. The van der Waals surface area contributed by atoms with Crippen molar-refractivity contribution in [2.45, 2.75) is 171 Å². The Bertz CT molecular complexity index is 632. The van der Waals surface area contributed by atoms with Gasteiger partial charge in [0, 0.05) is 5.41 Å². The van der Waals surface area contributed by atoms with Crippen LogP contribution in [-0.4, -0.2) is 79.4 Å². The van der Waals surface area contributed by atoms with E-state index in [4.69, 9.17) is 35.7 Å². The van der Waals surface area contributed by atoms with Gasteiger partial charge in [-0.15, -0.1) is 0 Å². The van der Waals surface area contributed by atoms with Gasteiger partial charge in [-0.2, -0.15) is 0 Å². The number of carboxylic acids is 4. The van der Waals surface area contributed by atoms with E-state index in [0.717, 1.165) is 103 Å². The van der Waals surface area contributed by atoms with Crippen molar-refractivity contribution in [1.29, 1.82) is 0 Å². The molecule has 0 rings (SSSR count). The van der Waals surface area contributed by atoms with E-state index >= 15 is 0 Å². The monoisotopic (exact) mass is 711 g/mol. The molecule has 0 saturated heterocycles. The molecule has 0 aromatic carbocycles. The van der Waals surface area contributed by atoms with Crippen LogP contribution in [0.1, 0.15) is 171 Å². The lowest BCUT2D eigenvalue weighted by molar-refractivity contribution is -0.143. The van der Waals surface area contributed by atoms with Crippen LogP contribution in [0.4, 0.5) is 0 Å². The number of hydrogen-bond acceptors (Lipinski definition) is 7. The highest BCUT2D eigenvalue weighted by atomic mass is 16.4. The Hall–Kier alpha value is -2.24. The van der Waals surface area contributed by atoms with E-state index in [1.807, 2.05) is 34.6 Å². The number of rotatable bonds is 24. The van der Waals surface area contributed by atoms with Crippen LogP contribution >= 0.6 is 0 Å². The largest absolute Gasteiger partial charge is 0.481 e. The van der Waals surface area contributed by atoms with Crippen LogP contribution in [0.3, 0.4) is 0 Å². The van der Waals surface area contributed by atoms with Crippen molar-refractivity contribution in [3.05, 3.63) is 0 Å². The predicted octanol–water partition coefficient (Wildman–Crippen LogP) is 8.51. The predicted molar refractivity (Wildman–Crippen MR) is 198 cm³/mol. The van der Waals surface area contributed by atoms with Gasteiger partial charge in [-0.05, 0) is 57.8 Å². The first kappa shape index (κ1) is 56.1. The molecule has 0 bridgehead atoms. The van der Waals surface area contributed by atoms with Gasteiger partial charge in [-0.25, -0.2) is 0 Å². The molecule has 11 nitrogen and oxygen atoms in total. The smallest absolute Gasteiger partial charge is 0.306 e. The van der Waals surface area contributed by atoms with Crippen molar-refractivity contribution in [2.24, 2.45) is 29.1 Å². The fourth-order valence-corrected chi connectivity index (χ4v) is 4.30. The Labute approximate surface area is 298 Å². The summed E-state index contributed by atoms with van der Waals surface area (Å²) < 4.78 is 0. The minimum atomic E-state index is -0.667. The van der Waals surface area contributed by atoms with Gasteiger partial charge < -0.3 is 35.7 Å². The summed E-state index contributed by atoms with van der Waals surface area (Å²) in [5, 5.41) is 60.4. The molecule has 0 aromatic heterocycles. The highest BCUT2D eigenvalue weighted by Crippen LogP contribution is 2.18. The van der Waals surface area contributed by atoms with Gasteiger partial charge in [-0.3, -0.25) is 19.2 Å². The SMILES string of the molecule is CCC(CO)(CO)CO.CCCCC(CC)C(=O)O.CCCCC(CC)C(=O)O.CCCCC(CC)C(=O)O.CCCCC(CC)C(=O)O. The van der Waals surface area contributed by atoms with Gasteiger partial charge in [-0.1, -0.05) is 114 Å². The van der Waals surface area contributed by atoms with Crippen LogP contribution in [0.15, 0.2) is 0 Å². The Morgan fingerprint density at radius 2 is 0.592 bits per heavy atom. The summed E-state index contributed by atoms with van der Waals surface area (Å²) in [6.45, 7) is 17.4. The number of aliphatic carboxylic acids is 4. The zero-order chi connectivity index (χ0) is 39.3. The molecule has 0 heterocycles. The summed E-state index contributed by atoms with van der Waals surface area (Å²) in [6, 6.07) is 0. The van der Waals surface area contributed by atoms with Crippen molar-refractivity contribution >= 4 is 23.9 Å². The lowest BCUT2D eigenvalue weighted by atomic mass is 9.88. The van der Waals surface area contributed by atoms with E-state index in [9.17, 15) is 19.2 Å². The van der Waals surface area contributed by atoms with Crippen molar-refractivity contribution in [2.75, 3.05) is 19.8 Å². The third-order valence-electron chi connectivity index (χ3n) is 8.75. The van der Waals surface area contributed by atoms with Crippen LogP contribution in [-0.2, 0) is 19.2 Å². The molecule has 0 aliphatic rings. The van der Waals surface area contributed by atoms with E-state index in [0.29, 0.717) is 6.42 Å². The Morgan fingerprint density at radius 3 is 0.653 bits per heavy atom. The van der Waals surface area contributed by atoms with Gasteiger partial charge >= 0.3 is 23.9 Å². The molecular weight excluding hydrogens is 632 g/mol. The Morgan fingerprint density at radius 1 is 0.408 bits per heavy atom. The molecular formula is C38H78O11. The molecule has 11 heteroatoms. The van der Waals surface area contributed by atoms with Crippen molar-refractivity contribution in [1.82, 2.24) is 0 Å². The van der Waals surface area contributed by atoms with Crippen LogP contribution in [0.25, 0.3) is 0 Å². The number of unbranched alkanes of at least 4 members (excludes halogenated alkanes) is 4. The maximum Gasteiger partial charge on any atom is 0.306 e. The van der Waals surface area contributed by atoms with Crippen LogP contribution in [0.2, 0.25) is 0 Å². The highest BCUT2D eigenvalue weighted by Gasteiger charge is 2.25. The average molecular weight is 711 g/mol. The zero-order valence-electron chi connectivity index (χ0n) is 32.7. The maximum atomic E-state index is 10.4. The quantitative estimate of drug-likeness (QED) is 0.0505. The topological polar surface area (TPSA) is 210 Å². The first-order valence-corrected chi connectivity index (χ1v) is 18.9. The third kappa shape index (κ3) is 35.4. The number of carboxylic acid groups (broad SMARTS) is 4. The fraction of sp³-hybridized carbons (Fsp3) is 0.895. The molecule has 4 atom stereocenters. The maximum absolute atomic E-state index is 10.4. The Balaban J connectivity index is -0.000000165. The van der Waals surface area contributed by atoms with E-state index in [2.05, 4.69) is 27.7 Å². The molecule has 0 fully saturated rings. The number of carbonyl (C=O) groups is 4. The number of hydrogen-bond donors (Lipinski definition) is 7. The lowest BCUT2D eigenvalue weighted by Gasteiger charge is -2.24. The minimum absolute atomic E-state index is 0.111. The van der Waals surface area contributed by atoms with Crippen LogP contribution < -0.4 is 0 Å². The number of aliphatic hydroxyl groups is 3. The molecule has 0 aliphatic heterocycles. The van der Waals surface area contributed by atoms with Crippen molar-refractivity contribution in [3.63, 3.8) is 0 Å². The van der Waals surface area contributed by atoms with Crippen molar-refractivity contribution < 1.29 is 54.9 Å². The number of aliphatic hydroxyl groups excluding tert-OH is 3. The van der Waals surface area contributed by atoms with Gasteiger partial charge in [0.05, 0.1) is 43.5 Å². The first-order chi connectivity index (χ1) is 23.1. The Kier molecular flexibility index (Phi) is 46.1.